The fraction of sp³-hybridized carbons (Fsp3) is 0.312. The number of amides is 1. The highest BCUT2D eigenvalue weighted by molar-refractivity contribution is 6.07. The molecule has 2 aromatic carbocycles. The molecule has 0 saturated heterocycles. The van der Waals surface area contributed by atoms with E-state index in [1.165, 1.54) is 6.07 Å². The summed E-state index contributed by atoms with van der Waals surface area (Å²) in [6, 6.07) is 9.92. The van der Waals surface area contributed by atoms with Gasteiger partial charge in [-0.05, 0) is 44.6 Å². The van der Waals surface area contributed by atoms with Gasteiger partial charge in [0.15, 0.2) is 0 Å². The van der Waals surface area contributed by atoms with Crippen LogP contribution in [0.25, 0.3) is 10.8 Å². The van der Waals surface area contributed by atoms with Crippen LogP contribution < -0.4 is 5.32 Å². The van der Waals surface area contributed by atoms with Gasteiger partial charge >= 0.3 is 0 Å². The summed E-state index contributed by atoms with van der Waals surface area (Å²) in [5.41, 5.74) is 0.520. The third kappa shape index (κ3) is 3.33. The minimum atomic E-state index is -0.301. The van der Waals surface area contributed by atoms with Crippen LogP contribution in [-0.4, -0.2) is 38.0 Å². The maximum absolute atomic E-state index is 13.7. The predicted molar refractivity (Wildman–Crippen MR) is 79.4 cm³/mol. The monoisotopic (exact) mass is 274 g/mol. The molecule has 0 heterocycles. The molecule has 4 heteroatoms. The lowest BCUT2D eigenvalue weighted by Crippen LogP contribution is -2.27. The molecular weight excluding hydrogens is 255 g/mol. The van der Waals surface area contributed by atoms with Crippen molar-refractivity contribution in [2.24, 2.45) is 0 Å². The summed E-state index contributed by atoms with van der Waals surface area (Å²) in [6.07, 6.45) is 0.887. The average Bonchev–Trinajstić information content (AvgIpc) is 2.44. The number of hydrogen-bond donors (Lipinski definition) is 1. The first-order valence-corrected chi connectivity index (χ1v) is 6.70. The van der Waals surface area contributed by atoms with E-state index in [2.05, 4.69) is 10.2 Å². The van der Waals surface area contributed by atoms with Crippen LogP contribution in [0.4, 0.5) is 4.39 Å². The van der Waals surface area contributed by atoms with Gasteiger partial charge in [0, 0.05) is 17.5 Å². The summed E-state index contributed by atoms with van der Waals surface area (Å²) in [7, 11) is 3.99. The minimum Gasteiger partial charge on any atom is -0.352 e. The van der Waals surface area contributed by atoms with Crippen molar-refractivity contribution in [1.29, 1.82) is 0 Å². The second-order valence-corrected chi connectivity index (χ2v) is 5.05. The number of carbonyl (C=O) groups is 1. The molecule has 106 valence electrons. The van der Waals surface area contributed by atoms with E-state index in [4.69, 9.17) is 0 Å². The van der Waals surface area contributed by atoms with Crippen LogP contribution >= 0.6 is 0 Å². The standard InChI is InChI=1S/C16H19FN2O/c1-19(2)11-5-10-18-16(20)14-8-9-15(17)13-7-4-3-6-12(13)14/h3-4,6-9H,5,10-11H2,1-2H3,(H,18,20). The molecule has 20 heavy (non-hydrogen) atoms. The number of nitrogens with one attached hydrogen (secondary N) is 1. The third-order valence-corrected chi connectivity index (χ3v) is 3.18. The summed E-state index contributed by atoms with van der Waals surface area (Å²) >= 11 is 0. The van der Waals surface area contributed by atoms with E-state index in [-0.39, 0.29) is 11.7 Å². The van der Waals surface area contributed by atoms with Crippen molar-refractivity contribution in [1.82, 2.24) is 10.2 Å². The summed E-state index contributed by atoms with van der Waals surface area (Å²) in [4.78, 5) is 14.2. The van der Waals surface area contributed by atoms with Crippen molar-refractivity contribution in [3.63, 3.8) is 0 Å². The van der Waals surface area contributed by atoms with Gasteiger partial charge in [0.25, 0.3) is 5.91 Å². The third-order valence-electron chi connectivity index (χ3n) is 3.18. The highest BCUT2D eigenvalue weighted by atomic mass is 19.1. The molecule has 2 aromatic rings. The Hall–Kier alpha value is -1.94. The number of rotatable bonds is 5. The Morgan fingerprint density at radius 2 is 1.85 bits per heavy atom. The number of fused-ring (bicyclic) bond motifs is 1. The van der Waals surface area contributed by atoms with Gasteiger partial charge in [-0.25, -0.2) is 4.39 Å². The van der Waals surface area contributed by atoms with Crippen molar-refractivity contribution in [2.75, 3.05) is 27.2 Å². The highest BCUT2D eigenvalue weighted by Gasteiger charge is 2.11. The van der Waals surface area contributed by atoms with Crippen molar-refractivity contribution >= 4 is 16.7 Å². The van der Waals surface area contributed by atoms with Gasteiger partial charge < -0.3 is 10.2 Å². The molecule has 0 aromatic heterocycles. The molecule has 0 aliphatic heterocycles. The van der Waals surface area contributed by atoms with E-state index in [1.807, 2.05) is 20.2 Å². The van der Waals surface area contributed by atoms with Crippen LogP contribution in [0.2, 0.25) is 0 Å². The molecule has 1 amide bonds. The molecule has 0 bridgehead atoms. The SMILES string of the molecule is CN(C)CCCNC(=O)c1ccc(F)c2ccccc12. The van der Waals surface area contributed by atoms with Crippen LogP contribution in [0.1, 0.15) is 16.8 Å². The smallest absolute Gasteiger partial charge is 0.251 e. The largest absolute Gasteiger partial charge is 0.352 e. The Morgan fingerprint density at radius 1 is 1.15 bits per heavy atom. The van der Waals surface area contributed by atoms with Crippen molar-refractivity contribution < 1.29 is 9.18 Å². The zero-order chi connectivity index (χ0) is 14.5. The number of halogens is 1. The van der Waals surface area contributed by atoms with Gasteiger partial charge in [0.1, 0.15) is 5.82 Å². The molecule has 0 radical (unpaired) electrons. The first kappa shape index (κ1) is 14.5. The molecule has 0 saturated carbocycles. The first-order chi connectivity index (χ1) is 9.59. The molecule has 0 atom stereocenters. The molecule has 0 aliphatic rings. The van der Waals surface area contributed by atoms with Gasteiger partial charge in [0.05, 0.1) is 0 Å². The molecular formula is C16H19FN2O. The fourth-order valence-electron chi connectivity index (χ4n) is 2.15. The van der Waals surface area contributed by atoms with Crippen molar-refractivity contribution in [2.45, 2.75) is 6.42 Å². The van der Waals surface area contributed by atoms with Gasteiger partial charge in [0.2, 0.25) is 0 Å². The maximum Gasteiger partial charge on any atom is 0.251 e. The molecule has 0 spiro atoms. The van der Waals surface area contributed by atoms with Gasteiger partial charge in [-0.15, -0.1) is 0 Å². The van der Waals surface area contributed by atoms with Gasteiger partial charge in [-0.1, -0.05) is 24.3 Å². The Labute approximate surface area is 118 Å². The van der Waals surface area contributed by atoms with E-state index in [1.54, 1.807) is 24.3 Å². The average molecular weight is 274 g/mol. The molecule has 0 fully saturated rings. The van der Waals surface area contributed by atoms with E-state index in [0.717, 1.165) is 13.0 Å². The van der Waals surface area contributed by atoms with Crippen LogP contribution in [0.3, 0.4) is 0 Å². The molecule has 0 unspecified atom stereocenters. The zero-order valence-corrected chi connectivity index (χ0v) is 11.8. The van der Waals surface area contributed by atoms with E-state index < -0.39 is 0 Å². The number of benzene rings is 2. The van der Waals surface area contributed by atoms with E-state index >= 15 is 0 Å². The quantitative estimate of drug-likeness (QED) is 0.850. The minimum absolute atomic E-state index is 0.153. The topological polar surface area (TPSA) is 32.3 Å². The van der Waals surface area contributed by atoms with Crippen molar-refractivity contribution in [3.05, 3.63) is 47.8 Å². The van der Waals surface area contributed by atoms with Crippen molar-refractivity contribution in [3.8, 4) is 0 Å². The van der Waals surface area contributed by atoms with E-state index in [0.29, 0.717) is 22.9 Å². The van der Waals surface area contributed by atoms with Crippen LogP contribution in [0, 0.1) is 5.82 Å². The Morgan fingerprint density at radius 3 is 2.55 bits per heavy atom. The molecule has 1 N–H and O–H groups in total. The normalized spacial score (nSPS) is 11.0. The summed E-state index contributed by atoms with van der Waals surface area (Å²) < 4.78 is 13.7. The van der Waals surface area contributed by atoms with Gasteiger partial charge in [-0.3, -0.25) is 4.79 Å². The second-order valence-electron chi connectivity index (χ2n) is 5.05. The van der Waals surface area contributed by atoms with Crippen LogP contribution in [0.15, 0.2) is 36.4 Å². The lowest BCUT2D eigenvalue weighted by molar-refractivity contribution is 0.0954. The Kier molecular flexibility index (Phi) is 4.69. The lowest BCUT2D eigenvalue weighted by atomic mass is 10.0. The predicted octanol–water partition coefficient (Wildman–Crippen LogP) is 2.66. The molecule has 0 aliphatic carbocycles. The lowest BCUT2D eigenvalue weighted by Gasteiger charge is -2.11. The summed E-state index contributed by atoms with van der Waals surface area (Å²) in [6.45, 7) is 1.53. The van der Waals surface area contributed by atoms with E-state index in [9.17, 15) is 9.18 Å². The molecule has 3 nitrogen and oxygen atoms in total. The first-order valence-electron chi connectivity index (χ1n) is 6.70. The zero-order valence-electron chi connectivity index (χ0n) is 11.8. The highest BCUT2D eigenvalue weighted by Crippen LogP contribution is 2.21. The van der Waals surface area contributed by atoms with Crippen LogP contribution in [0.5, 0.6) is 0 Å². The summed E-state index contributed by atoms with van der Waals surface area (Å²) in [5.74, 6) is -0.454. The molecule has 2 rings (SSSR count). The van der Waals surface area contributed by atoms with Gasteiger partial charge in [-0.2, -0.15) is 0 Å². The number of carbonyl (C=O) groups excluding carboxylic acids is 1. The Balaban J connectivity index is 2.12. The number of nitrogens with zero attached hydrogens (tertiary/aromatic N) is 1. The fourth-order valence-corrected chi connectivity index (χ4v) is 2.15. The summed E-state index contributed by atoms with van der Waals surface area (Å²) in [5, 5.41) is 4.01. The Bertz CT molecular complexity index is 610. The maximum atomic E-state index is 13.7. The number of hydrogen-bond acceptors (Lipinski definition) is 2. The van der Waals surface area contributed by atoms with Crippen LogP contribution in [-0.2, 0) is 0 Å². The second kappa shape index (κ2) is 6.48.